The van der Waals surface area contributed by atoms with E-state index in [4.69, 9.17) is 11.0 Å². The molecule has 0 unspecified atom stereocenters. The van der Waals surface area contributed by atoms with Crippen molar-refractivity contribution in [2.45, 2.75) is 13.3 Å². The first-order valence-electron chi connectivity index (χ1n) is 3.45. The number of rotatable bonds is 4. The molecule has 0 amide bonds. The lowest BCUT2D eigenvalue weighted by atomic mass is 10.4. The molecule has 0 aromatic rings. The average Bonchev–Trinajstić information content (AvgIpc) is 2.03. The van der Waals surface area contributed by atoms with Gasteiger partial charge in [-0.1, -0.05) is 30.8 Å². The number of hydrogen-bond donors (Lipinski definition) is 1. The van der Waals surface area contributed by atoms with Crippen LogP contribution in [0.5, 0.6) is 0 Å². The molecule has 0 saturated carbocycles. The number of nitriles is 1. The summed E-state index contributed by atoms with van der Waals surface area (Å²) in [6.45, 7) is 2.05. The fourth-order valence-electron chi connectivity index (χ4n) is 0.499. The summed E-state index contributed by atoms with van der Waals surface area (Å²) in [6.07, 6.45) is 6.64. The Hall–Kier alpha value is -0.720. The summed E-state index contributed by atoms with van der Waals surface area (Å²) in [5.41, 5.74) is 5.26. The zero-order valence-electron chi connectivity index (χ0n) is 6.58. The first-order valence-corrected chi connectivity index (χ1v) is 4.43. The quantitative estimate of drug-likeness (QED) is 0.397. The van der Waals surface area contributed by atoms with Crippen molar-refractivity contribution in [2.75, 3.05) is 5.88 Å². The zero-order valence-corrected chi connectivity index (χ0v) is 7.40. The third-order valence-corrected chi connectivity index (χ3v) is 1.67. The zero-order chi connectivity index (χ0) is 8.53. The first kappa shape index (κ1) is 10.3. The van der Waals surface area contributed by atoms with E-state index in [1.54, 1.807) is 6.08 Å². The molecule has 0 aliphatic carbocycles. The molecule has 0 fully saturated rings. The fraction of sp³-hybridized carbons (Fsp3) is 0.375. The minimum absolute atomic E-state index is 0.458. The van der Waals surface area contributed by atoms with Crippen molar-refractivity contribution >= 4 is 11.8 Å². The molecule has 11 heavy (non-hydrogen) atoms. The SMILES string of the molecule is CC/C=C/C=C(/C#N)SCN. The van der Waals surface area contributed by atoms with Crippen LogP contribution >= 0.6 is 11.8 Å². The Balaban J connectivity index is 3.93. The van der Waals surface area contributed by atoms with Gasteiger partial charge in [-0.15, -0.1) is 0 Å². The second-order valence-electron chi connectivity index (χ2n) is 1.79. The van der Waals surface area contributed by atoms with Crippen LogP contribution in [-0.2, 0) is 0 Å². The molecule has 0 heterocycles. The molecular formula is C8H12N2S. The van der Waals surface area contributed by atoms with Crippen molar-refractivity contribution < 1.29 is 0 Å². The van der Waals surface area contributed by atoms with Crippen molar-refractivity contribution in [3.05, 3.63) is 23.1 Å². The third-order valence-electron chi connectivity index (χ3n) is 0.968. The van der Waals surface area contributed by atoms with Crippen LogP contribution in [0.1, 0.15) is 13.3 Å². The highest BCUT2D eigenvalue weighted by atomic mass is 32.2. The van der Waals surface area contributed by atoms with Crippen LogP contribution in [0.25, 0.3) is 0 Å². The molecule has 0 aromatic carbocycles. The largest absolute Gasteiger partial charge is 0.322 e. The van der Waals surface area contributed by atoms with Gasteiger partial charge in [0.05, 0.1) is 4.91 Å². The van der Waals surface area contributed by atoms with E-state index >= 15 is 0 Å². The first-order chi connectivity index (χ1) is 5.35. The van der Waals surface area contributed by atoms with Crippen LogP contribution in [0.3, 0.4) is 0 Å². The predicted molar refractivity (Wildman–Crippen MR) is 49.8 cm³/mol. The average molecular weight is 168 g/mol. The Morgan fingerprint density at radius 1 is 1.73 bits per heavy atom. The maximum Gasteiger partial charge on any atom is 0.106 e. The van der Waals surface area contributed by atoms with Crippen molar-refractivity contribution in [1.82, 2.24) is 0 Å². The van der Waals surface area contributed by atoms with Gasteiger partial charge in [-0.3, -0.25) is 0 Å². The lowest BCUT2D eigenvalue weighted by molar-refractivity contribution is 1.22. The molecule has 3 heteroatoms. The summed E-state index contributed by atoms with van der Waals surface area (Å²) >= 11 is 1.35. The fourth-order valence-corrected chi connectivity index (χ4v) is 0.918. The van der Waals surface area contributed by atoms with E-state index in [1.165, 1.54) is 11.8 Å². The highest BCUT2D eigenvalue weighted by molar-refractivity contribution is 8.03. The van der Waals surface area contributed by atoms with Gasteiger partial charge in [0, 0.05) is 5.88 Å². The lowest BCUT2D eigenvalue weighted by Crippen LogP contribution is -1.91. The summed E-state index contributed by atoms with van der Waals surface area (Å²) in [7, 11) is 0. The molecule has 60 valence electrons. The highest BCUT2D eigenvalue weighted by Gasteiger charge is 1.89. The summed E-state index contributed by atoms with van der Waals surface area (Å²) in [6, 6.07) is 2.05. The molecule has 0 saturated heterocycles. The molecule has 0 radical (unpaired) electrons. The number of hydrogen-bond acceptors (Lipinski definition) is 3. The van der Waals surface area contributed by atoms with Gasteiger partial charge in [-0.05, 0) is 12.5 Å². The van der Waals surface area contributed by atoms with Gasteiger partial charge in [0.15, 0.2) is 0 Å². The predicted octanol–water partition coefficient (Wildman–Crippen LogP) is 2.01. The van der Waals surface area contributed by atoms with E-state index in [9.17, 15) is 0 Å². The Morgan fingerprint density at radius 2 is 2.45 bits per heavy atom. The van der Waals surface area contributed by atoms with Crippen LogP contribution < -0.4 is 5.73 Å². The van der Waals surface area contributed by atoms with Crippen molar-refractivity contribution in [1.29, 1.82) is 5.26 Å². The summed E-state index contributed by atoms with van der Waals surface area (Å²) in [5, 5.41) is 8.53. The summed E-state index contributed by atoms with van der Waals surface area (Å²) < 4.78 is 0. The van der Waals surface area contributed by atoms with Gasteiger partial charge >= 0.3 is 0 Å². The minimum atomic E-state index is 0.458. The van der Waals surface area contributed by atoms with Gasteiger partial charge in [0.25, 0.3) is 0 Å². The molecule has 0 aliphatic rings. The van der Waals surface area contributed by atoms with Crippen LogP contribution in [0.15, 0.2) is 23.1 Å². The number of nitrogens with two attached hydrogens (primary N) is 1. The van der Waals surface area contributed by atoms with Crippen LogP contribution in [0, 0.1) is 11.3 Å². The Labute approximate surface area is 71.8 Å². The summed E-state index contributed by atoms with van der Waals surface area (Å²) in [5.74, 6) is 0.458. The summed E-state index contributed by atoms with van der Waals surface area (Å²) in [4.78, 5) is 0.664. The lowest BCUT2D eigenvalue weighted by Gasteiger charge is -1.89. The monoisotopic (exact) mass is 168 g/mol. The van der Waals surface area contributed by atoms with Crippen molar-refractivity contribution in [3.63, 3.8) is 0 Å². The number of thioether (sulfide) groups is 1. The molecule has 0 spiro atoms. The van der Waals surface area contributed by atoms with Crippen molar-refractivity contribution in [2.24, 2.45) is 5.73 Å². The highest BCUT2D eigenvalue weighted by Crippen LogP contribution is 2.11. The third kappa shape index (κ3) is 5.71. The molecule has 0 aliphatic heterocycles. The van der Waals surface area contributed by atoms with Gasteiger partial charge in [-0.25, -0.2) is 0 Å². The molecule has 0 bridgehead atoms. The molecule has 0 atom stereocenters. The minimum Gasteiger partial charge on any atom is -0.322 e. The standard InChI is InChI=1S/C8H12N2S/c1-2-3-4-5-8(6-9)11-7-10/h3-5H,2,7,10H2,1H3/b4-3+,8-5-. The number of allylic oxidation sites excluding steroid dienone is 4. The van der Waals surface area contributed by atoms with E-state index in [1.807, 2.05) is 19.1 Å². The van der Waals surface area contributed by atoms with Crippen molar-refractivity contribution in [3.8, 4) is 6.07 Å². The maximum absolute atomic E-state index is 8.53. The molecule has 0 aromatic heterocycles. The second-order valence-corrected chi connectivity index (χ2v) is 2.85. The molecular weight excluding hydrogens is 156 g/mol. The van der Waals surface area contributed by atoms with Gasteiger partial charge in [0.2, 0.25) is 0 Å². The second kappa shape index (κ2) is 7.39. The number of nitrogens with zero attached hydrogens (tertiary/aromatic N) is 1. The van der Waals surface area contributed by atoms with E-state index in [-0.39, 0.29) is 0 Å². The normalized spacial score (nSPS) is 11.9. The Kier molecular flexibility index (Phi) is 6.90. The van der Waals surface area contributed by atoms with Crippen LogP contribution in [0.4, 0.5) is 0 Å². The molecule has 2 N–H and O–H groups in total. The van der Waals surface area contributed by atoms with Crippen LogP contribution in [-0.4, -0.2) is 5.88 Å². The van der Waals surface area contributed by atoms with E-state index in [2.05, 4.69) is 6.07 Å². The smallest absolute Gasteiger partial charge is 0.106 e. The Morgan fingerprint density at radius 3 is 2.91 bits per heavy atom. The maximum atomic E-state index is 8.53. The topological polar surface area (TPSA) is 49.8 Å². The molecule has 2 nitrogen and oxygen atoms in total. The van der Waals surface area contributed by atoms with Gasteiger partial charge in [0.1, 0.15) is 6.07 Å². The Bertz CT molecular complexity index is 189. The van der Waals surface area contributed by atoms with Gasteiger partial charge in [-0.2, -0.15) is 5.26 Å². The van der Waals surface area contributed by atoms with Gasteiger partial charge < -0.3 is 5.73 Å². The molecule has 0 rings (SSSR count). The van der Waals surface area contributed by atoms with Crippen LogP contribution in [0.2, 0.25) is 0 Å². The van der Waals surface area contributed by atoms with E-state index in [0.29, 0.717) is 10.8 Å². The van der Waals surface area contributed by atoms with E-state index in [0.717, 1.165) is 6.42 Å². The van der Waals surface area contributed by atoms with E-state index < -0.39 is 0 Å².